The first-order valence-electron chi connectivity index (χ1n) is 7.60. The molecule has 4 heteroatoms. The minimum atomic E-state index is 0.363. The molecule has 1 unspecified atom stereocenters. The second-order valence-electron chi connectivity index (χ2n) is 5.81. The zero-order valence-corrected chi connectivity index (χ0v) is 13.5. The van der Waals surface area contributed by atoms with Gasteiger partial charge in [-0.05, 0) is 45.5 Å². The van der Waals surface area contributed by atoms with Crippen molar-refractivity contribution in [1.82, 2.24) is 19.8 Å². The molecule has 0 aliphatic heterocycles. The van der Waals surface area contributed by atoms with E-state index in [0.717, 1.165) is 18.8 Å². The number of aromatic nitrogens is 2. The van der Waals surface area contributed by atoms with E-state index in [-0.39, 0.29) is 0 Å². The maximum Gasteiger partial charge on any atom is 0.0991 e. The molecule has 0 saturated carbocycles. The summed E-state index contributed by atoms with van der Waals surface area (Å²) < 4.78 is 2.01. The smallest absolute Gasteiger partial charge is 0.0991 e. The normalized spacial score (nSPS) is 13.0. The number of hydrogen-bond donors (Lipinski definition) is 1. The highest BCUT2D eigenvalue weighted by Gasteiger charge is 2.07. The van der Waals surface area contributed by atoms with Crippen molar-refractivity contribution in [3.8, 4) is 5.69 Å². The van der Waals surface area contributed by atoms with Crippen molar-refractivity contribution in [2.75, 3.05) is 20.1 Å². The van der Waals surface area contributed by atoms with Crippen molar-refractivity contribution in [2.45, 2.75) is 32.9 Å². The minimum Gasteiger partial charge on any atom is -0.309 e. The Morgan fingerprint density at radius 2 is 1.90 bits per heavy atom. The third-order valence-corrected chi connectivity index (χ3v) is 3.99. The lowest BCUT2D eigenvalue weighted by molar-refractivity contribution is 0.270. The SMILES string of the molecule is CC(NCCN(C)C(C)C)c1ccc(-n2ccnc2)cc1. The van der Waals surface area contributed by atoms with Gasteiger partial charge in [0.05, 0.1) is 6.33 Å². The fraction of sp³-hybridized carbons (Fsp3) is 0.471. The van der Waals surface area contributed by atoms with Crippen LogP contribution < -0.4 is 5.32 Å². The number of rotatable bonds is 7. The van der Waals surface area contributed by atoms with Gasteiger partial charge in [0.25, 0.3) is 0 Å². The van der Waals surface area contributed by atoms with Crippen molar-refractivity contribution in [3.63, 3.8) is 0 Å². The van der Waals surface area contributed by atoms with Gasteiger partial charge in [0.1, 0.15) is 0 Å². The topological polar surface area (TPSA) is 33.1 Å². The third-order valence-electron chi connectivity index (χ3n) is 3.99. The molecule has 0 aliphatic rings. The van der Waals surface area contributed by atoms with Gasteiger partial charge in [0.15, 0.2) is 0 Å². The Balaban J connectivity index is 1.87. The molecule has 1 heterocycles. The average molecular weight is 286 g/mol. The van der Waals surface area contributed by atoms with E-state index in [2.05, 4.69) is 67.3 Å². The first-order chi connectivity index (χ1) is 10.1. The van der Waals surface area contributed by atoms with Gasteiger partial charge in [-0.1, -0.05) is 12.1 Å². The Hall–Kier alpha value is -1.65. The Morgan fingerprint density at radius 1 is 1.19 bits per heavy atom. The van der Waals surface area contributed by atoms with Crippen LogP contribution in [0.4, 0.5) is 0 Å². The maximum absolute atomic E-state index is 4.07. The monoisotopic (exact) mass is 286 g/mol. The predicted molar refractivity (Wildman–Crippen MR) is 87.7 cm³/mol. The highest BCUT2D eigenvalue weighted by atomic mass is 15.1. The summed E-state index contributed by atoms with van der Waals surface area (Å²) in [5.74, 6) is 0. The van der Waals surface area contributed by atoms with Crippen molar-refractivity contribution >= 4 is 0 Å². The summed E-state index contributed by atoms with van der Waals surface area (Å²) in [7, 11) is 2.16. The lowest BCUT2D eigenvalue weighted by atomic mass is 10.1. The quantitative estimate of drug-likeness (QED) is 0.849. The van der Waals surface area contributed by atoms with Gasteiger partial charge in [0, 0.05) is 43.3 Å². The average Bonchev–Trinajstić information content (AvgIpc) is 3.01. The van der Waals surface area contributed by atoms with E-state index < -0.39 is 0 Å². The molecule has 0 bridgehead atoms. The molecule has 0 aliphatic carbocycles. The first-order valence-corrected chi connectivity index (χ1v) is 7.60. The summed E-state index contributed by atoms with van der Waals surface area (Å²) in [5.41, 5.74) is 2.45. The molecule has 4 nitrogen and oxygen atoms in total. The van der Waals surface area contributed by atoms with Gasteiger partial charge in [0.2, 0.25) is 0 Å². The molecule has 2 aromatic rings. The molecule has 1 aromatic carbocycles. The Labute approximate surface area is 127 Å². The molecule has 114 valence electrons. The first kappa shape index (κ1) is 15.7. The Bertz CT molecular complexity index is 516. The Morgan fingerprint density at radius 3 is 2.48 bits per heavy atom. The van der Waals surface area contributed by atoms with Crippen LogP contribution in [0.3, 0.4) is 0 Å². The van der Waals surface area contributed by atoms with Crippen LogP contribution in [0.25, 0.3) is 5.69 Å². The maximum atomic E-state index is 4.07. The largest absolute Gasteiger partial charge is 0.309 e. The molecule has 0 amide bonds. The van der Waals surface area contributed by atoms with Crippen molar-refractivity contribution in [1.29, 1.82) is 0 Å². The molecular weight excluding hydrogens is 260 g/mol. The standard InChI is InChI=1S/C17H26N4/c1-14(2)20(4)11-10-19-15(3)16-5-7-17(8-6-16)21-12-9-18-13-21/h5-9,12-15,19H,10-11H2,1-4H3. The summed E-state index contributed by atoms with van der Waals surface area (Å²) in [6.07, 6.45) is 5.57. The van der Waals surface area contributed by atoms with Crippen LogP contribution in [0.2, 0.25) is 0 Å². The van der Waals surface area contributed by atoms with E-state index in [1.165, 1.54) is 5.56 Å². The third kappa shape index (κ3) is 4.41. The lowest BCUT2D eigenvalue weighted by Gasteiger charge is -2.22. The molecule has 0 fully saturated rings. The summed E-state index contributed by atoms with van der Waals surface area (Å²) >= 11 is 0. The van der Waals surface area contributed by atoms with Gasteiger partial charge in [-0.2, -0.15) is 0 Å². The number of benzene rings is 1. The molecule has 21 heavy (non-hydrogen) atoms. The summed E-state index contributed by atoms with van der Waals surface area (Å²) in [6.45, 7) is 8.71. The fourth-order valence-corrected chi connectivity index (χ4v) is 2.18. The molecule has 1 aromatic heterocycles. The van der Waals surface area contributed by atoms with Gasteiger partial charge in [-0.25, -0.2) is 4.98 Å². The van der Waals surface area contributed by atoms with Crippen LogP contribution in [0.5, 0.6) is 0 Å². The molecule has 1 N–H and O–H groups in total. The van der Waals surface area contributed by atoms with E-state index in [0.29, 0.717) is 12.1 Å². The van der Waals surface area contributed by atoms with Crippen LogP contribution >= 0.6 is 0 Å². The molecule has 2 rings (SSSR count). The molecule has 0 saturated heterocycles. The molecule has 1 atom stereocenters. The summed E-state index contributed by atoms with van der Waals surface area (Å²) in [4.78, 5) is 6.42. The Kier molecular flexibility index (Phi) is 5.53. The zero-order valence-electron chi connectivity index (χ0n) is 13.5. The van der Waals surface area contributed by atoms with Gasteiger partial charge in [-0.15, -0.1) is 0 Å². The number of imidazole rings is 1. The molecule has 0 spiro atoms. The zero-order chi connectivity index (χ0) is 15.2. The number of nitrogens with one attached hydrogen (secondary N) is 1. The second kappa shape index (κ2) is 7.38. The predicted octanol–water partition coefficient (Wildman–Crippen LogP) is 2.86. The molecular formula is C17H26N4. The second-order valence-corrected chi connectivity index (χ2v) is 5.81. The summed E-state index contributed by atoms with van der Waals surface area (Å²) in [6, 6.07) is 9.59. The molecule has 0 radical (unpaired) electrons. The lowest BCUT2D eigenvalue weighted by Crippen LogP contribution is -2.34. The summed E-state index contributed by atoms with van der Waals surface area (Å²) in [5, 5.41) is 3.58. The van der Waals surface area contributed by atoms with Crippen molar-refractivity contribution in [2.24, 2.45) is 0 Å². The van der Waals surface area contributed by atoms with Crippen LogP contribution in [0.1, 0.15) is 32.4 Å². The highest BCUT2D eigenvalue weighted by molar-refractivity contribution is 5.35. The van der Waals surface area contributed by atoms with E-state index >= 15 is 0 Å². The van der Waals surface area contributed by atoms with Crippen LogP contribution in [0.15, 0.2) is 43.0 Å². The van der Waals surface area contributed by atoms with E-state index in [9.17, 15) is 0 Å². The van der Waals surface area contributed by atoms with E-state index in [4.69, 9.17) is 0 Å². The van der Waals surface area contributed by atoms with Crippen molar-refractivity contribution in [3.05, 3.63) is 48.5 Å². The van der Waals surface area contributed by atoms with Crippen molar-refractivity contribution < 1.29 is 0 Å². The number of nitrogens with zero attached hydrogens (tertiary/aromatic N) is 3. The van der Waals surface area contributed by atoms with Gasteiger partial charge < -0.3 is 14.8 Å². The van der Waals surface area contributed by atoms with Crippen LogP contribution in [-0.4, -0.2) is 40.6 Å². The van der Waals surface area contributed by atoms with E-state index in [1.807, 2.05) is 17.1 Å². The van der Waals surface area contributed by atoms with Gasteiger partial charge >= 0.3 is 0 Å². The fourth-order valence-electron chi connectivity index (χ4n) is 2.18. The van der Waals surface area contributed by atoms with Crippen LogP contribution in [0, 0.1) is 0 Å². The van der Waals surface area contributed by atoms with Crippen LogP contribution in [-0.2, 0) is 0 Å². The van der Waals surface area contributed by atoms with E-state index in [1.54, 1.807) is 6.20 Å². The van der Waals surface area contributed by atoms with Gasteiger partial charge in [-0.3, -0.25) is 0 Å². The number of hydrogen-bond acceptors (Lipinski definition) is 3. The minimum absolute atomic E-state index is 0.363. The highest BCUT2D eigenvalue weighted by Crippen LogP contribution is 2.15. The number of likely N-dealkylation sites (N-methyl/N-ethyl adjacent to an activating group) is 1.